The molecule has 1 unspecified atom stereocenters. The molecule has 0 radical (unpaired) electrons. The molecule has 1 heterocycles. The molecule has 1 aromatic carbocycles. The second kappa shape index (κ2) is 4.68. The normalized spacial score (nSPS) is 20.3. The van der Waals surface area contributed by atoms with Crippen LogP contribution in [0, 0.1) is 0 Å². The van der Waals surface area contributed by atoms with E-state index in [1.807, 2.05) is 24.3 Å². The fourth-order valence-electron chi connectivity index (χ4n) is 1.24. The summed E-state index contributed by atoms with van der Waals surface area (Å²) >= 11 is 7.32. The van der Waals surface area contributed by atoms with Gasteiger partial charge in [0.2, 0.25) is 0 Å². The van der Waals surface area contributed by atoms with Gasteiger partial charge in [0.25, 0.3) is 0 Å². The molecule has 3 nitrogen and oxygen atoms in total. The third-order valence-electron chi connectivity index (χ3n) is 2.03. The van der Waals surface area contributed by atoms with Gasteiger partial charge in [0.05, 0.1) is 5.71 Å². The van der Waals surface area contributed by atoms with Crippen LogP contribution in [-0.4, -0.2) is 23.1 Å². The zero-order valence-corrected chi connectivity index (χ0v) is 9.39. The molecule has 0 aliphatic carbocycles. The molecule has 0 amide bonds. The number of benzene rings is 1. The van der Waals surface area contributed by atoms with E-state index >= 15 is 0 Å². The van der Waals surface area contributed by atoms with Crippen molar-refractivity contribution in [1.29, 1.82) is 0 Å². The minimum Gasteiger partial charge on any atom is -0.300 e. The van der Waals surface area contributed by atoms with Gasteiger partial charge in [-0.15, -0.1) is 11.8 Å². The Morgan fingerprint density at radius 1 is 1.47 bits per heavy atom. The van der Waals surface area contributed by atoms with Crippen molar-refractivity contribution in [3.63, 3.8) is 0 Å². The molecule has 1 aromatic rings. The van der Waals surface area contributed by atoms with Crippen LogP contribution in [0.5, 0.6) is 0 Å². The van der Waals surface area contributed by atoms with Gasteiger partial charge in [-0.3, -0.25) is 5.43 Å². The average molecular weight is 241 g/mol. The Kier molecular flexibility index (Phi) is 3.28. The second-order valence-electron chi connectivity index (χ2n) is 3.06. The van der Waals surface area contributed by atoms with Crippen LogP contribution in [0.25, 0.3) is 0 Å². The van der Waals surface area contributed by atoms with Crippen LogP contribution in [0.3, 0.4) is 0 Å². The Morgan fingerprint density at radius 3 is 2.73 bits per heavy atom. The molecule has 2 rings (SSSR count). The Hall–Kier alpha value is -1.000. The van der Waals surface area contributed by atoms with Gasteiger partial charge in [0, 0.05) is 10.8 Å². The van der Waals surface area contributed by atoms with E-state index in [2.05, 4.69) is 10.5 Å². The van der Waals surface area contributed by atoms with Crippen molar-refractivity contribution in [2.24, 2.45) is 5.10 Å². The lowest BCUT2D eigenvalue weighted by Gasteiger charge is -2.17. The average Bonchev–Trinajstić information content (AvgIpc) is 2.30. The lowest BCUT2D eigenvalue weighted by Crippen LogP contribution is -2.30. The molecule has 5 heteroatoms. The number of carbonyl (C=O) groups excluding carboxylic acids is 1. The Morgan fingerprint density at radius 2 is 2.20 bits per heavy atom. The summed E-state index contributed by atoms with van der Waals surface area (Å²) in [5.41, 5.74) is 4.75. The van der Waals surface area contributed by atoms with Crippen LogP contribution in [-0.2, 0) is 4.79 Å². The zero-order chi connectivity index (χ0) is 10.7. The molecule has 15 heavy (non-hydrogen) atoms. The summed E-state index contributed by atoms with van der Waals surface area (Å²) < 4.78 is 0. The molecule has 78 valence electrons. The number of hydrogen-bond acceptors (Lipinski definition) is 4. The van der Waals surface area contributed by atoms with Crippen LogP contribution >= 0.6 is 23.4 Å². The summed E-state index contributed by atoms with van der Waals surface area (Å²) in [6, 6.07) is 7.50. The molecule has 0 fully saturated rings. The predicted molar refractivity (Wildman–Crippen MR) is 63.4 cm³/mol. The molecule has 1 aliphatic rings. The van der Waals surface area contributed by atoms with Gasteiger partial charge in [-0.05, 0) is 17.7 Å². The maximum Gasteiger partial charge on any atom is 0.154 e. The first kappa shape index (κ1) is 10.5. The van der Waals surface area contributed by atoms with Crippen molar-refractivity contribution in [3.8, 4) is 0 Å². The van der Waals surface area contributed by atoms with Gasteiger partial charge in [-0.2, -0.15) is 5.10 Å². The Balaban J connectivity index is 2.15. The monoisotopic (exact) mass is 240 g/mol. The molecule has 0 aromatic heterocycles. The highest BCUT2D eigenvalue weighted by atomic mass is 35.5. The van der Waals surface area contributed by atoms with Crippen molar-refractivity contribution >= 4 is 35.4 Å². The Bertz CT molecular complexity index is 391. The molecule has 1 atom stereocenters. The van der Waals surface area contributed by atoms with Crippen LogP contribution in [0.15, 0.2) is 29.4 Å². The van der Waals surface area contributed by atoms with Crippen LogP contribution in [0.1, 0.15) is 5.56 Å². The van der Waals surface area contributed by atoms with E-state index in [0.29, 0.717) is 5.02 Å². The third-order valence-corrected chi connectivity index (χ3v) is 3.30. The molecule has 0 saturated heterocycles. The molecule has 0 bridgehead atoms. The largest absolute Gasteiger partial charge is 0.300 e. The van der Waals surface area contributed by atoms with Crippen LogP contribution in [0.2, 0.25) is 5.02 Å². The highest BCUT2D eigenvalue weighted by Crippen LogP contribution is 2.17. The van der Waals surface area contributed by atoms with E-state index in [-0.39, 0.29) is 5.37 Å². The molecule has 0 saturated carbocycles. The molecular weight excluding hydrogens is 232 g/mol. The van der Waals surface area contributed by atoms with Crippen LogP contribution in [0.4, 0.5) is 0 Å². The third kappa shape index (κ3) is 2.52. The van der Waals surface area contributed by atoms with Crippen molar-refractivity contribution in [2.45, 2.75) is 5.37 Å². The number of nitrogens with zero attached hydrogens (tertiary/aromatic N) is 1. The number of halogens is 1. The van der Waals surface area contributed by atoms with Gasteiger partial charge in [0.1, 0.15) is 5.37 Å². The lowest BCUT2D eigenvalue weighted by molar-refractivity contribution is -0.107. The van der Waals surface area contributed by atoms with Gasteiger partial charge in [0.15, 0.2) is 6.29 Å². The number of thioether (sulfide) groups is 1. The van der Waals surface area contributed by atoms with Gasteiger partial charge < -0.3 is 4.79 Å². The SMILES string of the molecule is O=CC1NN=C(c2ccc(Cl)cc2)CS1. The number of rotatable bonds is 2. The fourth-order valence-corrected chi connectivity index (χ4v) is 2.14. The van der Waals surface area contributed by atoms with E-state index in [9.17, 15) is 4.79 Å². The zero-order valence-electron chi connectivity index (χ0n) is 7.81. The highest BCUT2D eigenvalue weighted by Gasteiger charge is 2.15. The number of aldehydes is 1. The minimum atomic E-state index is -0.221. The molecule has 1 aliphatic heterocycles. The fraction of sp³-hybridized carbons (Fsp3) is 0.200. The highest BCUT2D eigenvalue weighted by molar-refractivity contribution is 8.01. The summed E-state index contributed by atoms with van der Waals surface area (Å²) in [6.45, 7) is 0. The minimum absolute atomic E-state index is 0.221. The number of nitrogens with one attached hydrogen (secondary N) is 1. The maximum atomic E-state index is 10.5. The quantitative estimate of drug-likeness (QED) is 0.803. The first-order valence-corrected chi connectivity index (χ1v) is 5.87. The van der Waals surface area contributed by atoms with Crippen molar-refractivity contribution in [2.75, 3.05) is 5.75 Å². The second-order valence-corrected chi connectivity index (χ2v) is 4.63. The van der Waals surface area contributed by atoms with E-state index in [0.717, 1.165) is 23.3 Å². The summed E-state index contributed by atoms with van der Waals surface area (Å²) in [5.74, 6) is 0.734. The van der Waals surface area contributed by atoms with Crippen molar-refractivity contribution < 1.29 is 4.79 Å². The summed E-state index contributed by atoms with van der Waals surface area (Å²) in [7, 11) is 0. The molecule has 0 spiro atoms. The van der Waals surface area contributed by atoms with Crippen molar-refractivity contribution in [1.82, 2.24) is 5.43 Å². The predicted octanol–water partition coefficient (Wildman–Crippen LogP) is 1.91. The van der Waals surface area contributed by atoms with E-state index in [1.54, 1.807) is 0 Å². The van der Waals surface area contributed by atoms with E-state index in [1.165, 1.54) is 11.8 Å². The number of hydrogen-bond donors (Lipinski definition) is 1. The maximum absolute atomic E-state index is 10.5. The first-order valence-electron chi connectivity index (χ1n) is 4.44. The number of carbonyl (C=O) groups is 1. The van der Waals surface area contributed by atoms with Crippen molar-refractivity contribution in [3.05, 3.63) is 34.9 Å². The number of hydrazone groups is 1. The standard InChI is InChI=1S/C10H9ClN2OS/c11-8-3-1-7(2-4-8)9-6-15-10(5-14)13-12-9/h1-5,10,13H,6H2. The van der Waals surface area contributed by atoms with E-state index in [4.69, 9.17) is 11.6 Å². The summed E-state index contributed by atoms with van der Waals surface area (Å²) in [4.78, 5) is 10.5. The Labute approximate surface area is 96.9 Å². The van der Waals surface area contributed by atoms with Gasteiger partial charge in [-0.25, -0.2) is 0 Å². The lowest BCUT2D eigenvalue weighted by atomic mass is 10.1. The summed E-state index contributed by atoms with van der Waals surface area (Å²) in [6.07, 6.45) is 0.854. The summed E-state index contributed by atoms with van der Waals surface area (Å²) in [5, 5.41) is 4.64. The first-order chi connectivity index (χ1) is 7.29. The van der Waals surface area contributed by atoms with E-state index < -0.39 is 0 Å². The smallest absolute Gasteiger partial charge is 0.154 e. The topological polar surface area (TPSA) is 41.5 Å². The van der Waals surface area contributed by atoms with Gasteiger partial charge in [-0.1, -0.05) is 23.7 Å². The molecule has 1 N–H and O–H groups in total. The van der Waals surface area contributed by atoms with Gasteiger partial charge >= 0.3 is 0 Å². The van der Waals surface area contributed by atoms with Crippen LogP contribution < -0.4 is 5.43 Å². The molecular formula is C10H9ClN2OS.